The molecular weight excluding hydrogens is 272 g/mol. The van der Waals surface area contributed by atoms with Crippen LogP contribution in [0.1, 0.15) is 12.5 Å². The number of benzene rings is 2. The highest BCUT2D eigenvalue weighted by Crippen LogP contribution is 2.22. The number of hydrogen-bond acceptors (Lipinski definition) is 2. The number of esters is 1. The minimum atomic E-state index is -0.325. The van der Waals surface area contributed by atoms with Gasteiger partial charge in [0.2, 0.25) is 0 Å². The summed E-state index contributed by atoms with van der Waals surface area (Å²) in [5.74, 6) is -0.325. The third-order valence-corrected chi connectivity index (χ3v) is 3.04. The first-order valence-electron chi connectivity index (χ1n) is 6.40. The van der Waals surface area contributed by atoms with E-state index in [1.165, 1.54) is 6.08 Å². The monoisotopic (exact) mass is 286 g/mol. The van der Waals surface area contributed by atoms with Crippen molar-refractivity contribution in [1.29, 1.82) is 0 Å². The fraction of sp³-hybridized carbons (Fsp3) is 0.118. The zero-order valence-corrected chi connectivity index (χ0v) is 11.9. The minimum Gasteiger partial charge on any atom is -0.463 e. The number of hydrogen-bond donors (Lipinski definition) is 0. The number of halogens is 1. The van der Waals surface area contributed by atoms with Gasteiger partial charge in [0, 0.05) is 11.1 Å². The van der Waals surface area contributed by atoms with Crippen LogP contribution in [0.4, 0.5) is 0 Å². The summed E-state index contributed by atoms with van der Waals surface area (Å²) in [4.78, 5) is 11.2. The molecule has 2 nitrogen and oxygen atoms in total. The molecule has 0 aliphatic carbocycles. The summed E-state index contributed by atoms with van der Waals surface area (Å²) in [5, 5.41) is 0.725. The molecule has 3 heteroatoms. The second-order valence-electron chi connectivity index (χ2n) is 4.21. The molecule has 0 N–H and O–H groups in total. The van der Waals surface area contributed by atoms with E-state index < -0.39 is 0 Å². The van der Waals surface area contributed by atoms with Crippen LogP contribution in [-0.4, -0.2) is 12.6 Å². The Balaban J connectivity index is 2.10. The average Bonchev–Trinajstić information content (AvgIpc) is 2.47. The Morgan fingerprint density at radius 1 is 1.05 bits per heavy atom. The molecule has 0 bridgehead atoms. The Kier molecular flexibility index (Phi) is 4.97. The lowest BCUT2D eigenvalue weighted by Gasteiger charge is -2.02. The van der Waals surface area contributed by atoms with Crippen molar-refractivity contribution in [3.8, 4) is 11.1 Å². The first kappa shape index (κ1) is 14.4. The van der Waals surface area contributed by atoms with Crippen molar-refractivity contribution < 1.29 is 9.53 Å². The molecule has 0 saturated carbocycles. The molecule has 0 radical (unpaired) electrons. The second kappa shape index (κ2) is 6.92. The molecule has 0 aliphatic heterocycles. The molecule has 20 heavy (non-hydrogen) atoms. The van der Waals surface area contributed by atoms with Crippen LogP contribution in [0.5, 0.6) is 0 Å². The van der Waals surface area contributed by atoms with E-state index in [0.29, 0.717) is 6.61 Å². The highest BCUT2D eigenvalue weighted by molar-refractivity contribution is 6.30. The summed E-state index contributed by atoms with van der Waals surface area (Å²) < 4.78 is 4.83. The van der Waals surface area contributed by atoms with E-state index in [0.717, 1.165) is 21.7 Å². The second-order valence-corrected chi connectivity index (χ2v) is 4.65. The summed E-state index contributed by atoms with van der Waals surface area (Å²) in [6, 6.07) is 15.6. The van der Waals surface area contributed by atoms with E-state index >= 15 is 0 Å². The Morgan fingerprint density at radius 3 is 2.15 bits per heavy atom. The van der Waals surface area contributed by atoms with Crippen molar-refractivity contribution in [3.05, 3.63) is 65.2 Å². The van der Waals surface area contributed by atoms with E-state index in [-0.39, 0.29) is 5.97 Å². The van der Waals surface area contributed by atoms with Gasteiger partial charge in [0.15, 0.2) is 0 Å². The molecule has 0 spiro atoms. The largest absolute Gasteiger partial charge is 0.463 e. The zero-order valence-electron chi connectivity index (χ0n) is 11.2. The molecule has 0 aromatic heterocycles. The molecule has 0 aliphatic rings. The molecule has 0 amide bonds. The fourth-order valence-electron chi connectivity index (χ4n) is 1.78. The minimum absolute atomic E-state index is 0.325. The third-order valence-electron chi connectivity index (χ3n) is 2.79. The Labute approximate surface area is 123 Å². The van der Waals surface area contributed by atoms with Gasteiger partial charge in [-0.1, -0.05) is 48.0 Å². The van der Waals surface area contributed by atoms with Crippen molar-refractivity contribution in [3.63, 3.8) is 0 Å². The van der Waals surface area contributed by atoms with Crippen molar-refractivity contribution >= 4 is 23.6 Å². The molecular formula is C17H15ClO2. The van der Waals surface area contributed by atoms with Gasteiger partial charge in [0.1, 0.15) is 0 Å². The van der Waals surface area contributed by atoms with Gasteiger partial charge < -0.3 is 4.74 Å². The van der Waals surface area contributed by atoms with E-state index in [9.17, 15) is 4.79 Å². The quantitative estimate of drug-likeness (QED) is 0.607. The molecule has 0 atom stereocenters. The van der Waals surface area contributed by atoms with Crippen LogP contribution in [-0.2, 0) is 9.53 Å². The number of carbonyl (C=O) groups excluding carboxylic acids is 1. The van der Waals surface area contributed by atoms with Gasteiger partial charge >= 0.3 is 5.97 Å². The smallest absolute Gasteiger partial charge is 0.330 e. The van der Waals surface area contributed by atoms with E-state index in [1.807, 2.05) is 48.5 Å². The highest BCUT2D eigenvalue weighted by Gasteiger charge is 1.98. The van der Waals surface area contributed by atoms with Crippen LogP contribution in [0.2, 0.25) is 5.02 Å². The first-order valence-corrected chi connectivity index (χ1v) is 6.77. The SMILES string of the molecule is CCOC(=O)/C=C/c1ccc(-c2ccc(Cl)cc2)cc1. The lowest BCUT2D eigenvalue weighted by molar-refractivity contribution is -0.137. The van der Waals surface area contributed by atoms with Gasteiger partial charge in [-0.05, 0) is 41.8 Å². The van der Waals surface area contributed by atoms with Crippen LogP contribution < -0.4 is 0 Å². The molecule has 2 rings (SSSR count). The number of rotatable bonds is 4. The molecule has 0 heterocycles. The molecule has 2 aromatic carbocycles. The summed E-state index contributed by atoms with van der Waals surface area (Å²) >= 11 is 5.87. The van der Waals surface area contributed by atoms with Crippen molar-refractivity contribution in [1.82, 2.24) is 0 Å². The summed E-state index contributed by atoms with van der Waals surface area (Å²) in [6.07, 6.45) is 3.17. The van der Waals surface area contributed by atoms with E-state index in [1.54, 1.807) is 13.0 Å². The molecule has 2 aromatic rings. The lowest BCUT2D eigenvalue weighted by atomic mass is 10.0. The first-order chi connectivity index (χ1) is 9.69. The zero-order chi connectivity index (χ0) is 14.4. The molecule has 0 unspecified atom stereocenters. The maximum Gasteiger partial charge on any atom is 0.330 e. The molecule has 0 saturated heterocycles. The van der Waals surface area contributed by atoms with Gasteiger partial charge in [-0.25, -0.2) is 4.79 Å². The van der Waals surface area contributed by atoms with Gasteiger partial charge in [-0.15, -0.1) is 0 Å². The van der Waals surface area contributed by atoms with Gasteiger partial charge in [0.05, 0.1) is 6.61 Å². The number of ether oxygens (including phenoxy) is 1. The predicted octanol–water partition coefficient (Wildman–Crippen LogP) is 4.58. The van der Waals surface area contributed by atoms with Crippen LogP contribution in [0.3, 0.4) is 0 Å². The third kappa shape index (κ3) is 3.97. The van der Waals surface area contributed by atoms with Crippen molar-refractivity contribution in [2.45, 2.75) is 6.92 Å². The Hall–Kier alpha value is -2.06. The normalized spacial score (nSPS) is 10.7. The van der Waals surface area contributed by atoms with Gasteiger partial charge in [-0.2, -0.15) is 0 Å². The maximum atomic E-state index is 11.2. The van der Waals surface area contributed by atoms with Gasteiger partial charge in [-0.3, -0.25) is 0 Å². The fourth-order valence-corrected chi connectivity index (χ4v) is 1.91. The topological polar surface area (TPSA) is 26.3 Å². The van der Waals surface area contributed by atoms with Crippen LogP contribution in [0, 0.1) is 0 Å². The summed E-state index contributed by atoms with van der Waals surface area (Å²) in [6.45, 7) is 2.17. The van der Waals surface area contributed by atoms with Crippen molar-refractivity contribution in [2.24, 2.45) is 0 Å². The molecule has 102 valence electrons. The van der Waals surface area contributed by atoms with Gasteiger partial charge in [0.25, 0.3) is 0 Å². The standard InChI is InChI=1S/C17H15ClO2/c1-2-20-17(19)12-5-13-3-6-14(7-4-13)15-8-10-16(18)11-9-15/h3-12H,2H2,1H3/b12-5+. The Bertz CT molecular complexity index is 598. The predicted molar refractivity (Wildman–Crippen MR) is 82.6 cm³/mol. The van der Waals surface area contributed by atoms with Crippen LogP contribution in [0.15, 0.2) is 54.6 Å². The van der Waals surface area contributed by atoms with Crippen molar-refractivity contribution in [2.75, 3.05) is 6.61 Å². The molecule has 0 fully saturated rings. The van der Waals surface area contributed by atoms with E-state index in [4.69, 9.17) is 16.3 Å². The number of carbonyl (C=O) groups is 1. The highest BCUT2D eigenvalue weighted by atomic mass is 35.5. The van der Waals surface area contributed by atoms with Crippen LogP contribution in [0.25, 0.3) is 17.2 Å². The Morgan fingerprint density at radius 2 is 1.60 bits per heavy atom. The van der Waals surface area contributed by atoms with E-state index in [2.05, 4.69) is 0 Å². The van der Waals surface area contributed by atoms with Crippen LogP contribution >= 0.6 is 11.6 Å². The summed E-state index contributed by atoms with van der Waals surface area (Å²) in [5.41, 5.74) is 3.17. The average molecular weight is 287 g/mol. The maximum absolute atomic E-state index is 11.2. The summed E-state index contributed by atoms with van der Waals surface area (Å²) in [7, 11) is 0. The lowest BCUT2D eigenvalue weighted by Crippen LogP contribution is -1.98.